The molecule has 1 aliphatic rings. The minimum Gasteiger partial charge on any atom is -0.418 e. The maximum Gasteiger partial charge on any atom is 0.673 e. The Balaban J connectivity index is 0.000000252. The topological polar surface area (TPSA) is 16.8 Å². The van der Waals surface area contributed by atoms with Gasteiger partial charge in [-0.25, -0.2) is 0 Å². The second-order valence-corrected chi connectivity index (χ2v) is 2.37. The first-order valence-corrected chi connectivity index (χ1v) is 3.87. The molecule has 13 heavy (non-hydrogen) atoms. The van der Waals surface area contributed by atoms with Crippen LogP contribution >= 0.6 is 0 Å². The van der Waals surface area contributed by atoms with Crippen LogP contribution in [-0.2, 0) is 0 Å². The van der Waals surface area contributed by atoms with Gasteiger partial charge in [0, 0.05) is 6.08 Å². The highest BCUT2D eigenvalue weighted by atomic mass is 19.5. The molecule has 1 rings (SSSR count). The Labute approximate surface area is 74.0 Å². The van der Waals surface area contributed by atoms with Crippen molar-refractivity contribution in [2.75, 3.05) is 6.54 Å². The Kier molecular flexibility index (Phi) is 5.37. The summed E-state index contributed by atoms with van der Waals surface area (Å²) in [6.07, 6.45) is 7.07. The van der Waals surface area contributed by atoms with Crippen molar-refractivity contribution in [3.8, 4) is 0 Å². The van der Waals surface area contributed by atoms with Gasteiger partial charge in [0.2, 0.25) is 0 Å². The SMILES string of the molecule is CCC[NH+]1C=CC=N1.F[B-](F)(F)F. The van der Waals surface area contributed by atoms with E-state index in [0.717, 1.165) is 6.54 Å². The Hall–Kier alpha value is -0.845. The number of quaternary nitrogens is 1. The summed E-state index contributed by atoms with van der Waals surface area (Å²) in [5, 5.41) is 5.32. The normalized spacial score (nSPS) is 19.9. The van der Waals surface area contributed by atoms with Gasteiger partial charge in [0.1, 0.15) is 12.7 Å². The first-order valence-electron chi connectivity index (χ1n) is 3.87. The maximum absolute atomic E-state index is 9.75. The smallest absolute Gasteiger partial charge is 0.418 e. The van der Waals surface area contributed by atoms with Crippen molar-refractivity contribution in [3.63, 3.8) is 0 Å². The van der Waals surface area contributed by atoms with Gasteiger partial charge < -0.3 is 17.3 Å². The van der Waals surface area contributed by atoms with Gasteiger partial charge >= 0.3 is 7.25 Å². The molecule has 1 aliphatic heterocycles. The molecular formula is C6H11BF4N2. The van der Waals surface area contributed by atoms with Crippen LogP contribution in [-0.4, -0.2) is 20.0 Å². The van der Waals surface area contributed by atoms with E-state index in [1.807, 2.05) is 12.3 Å². The van der Waals surface area contributed by atoms with Crippen LogP contribution in [0.2, 0.25) is 0 Å². The lowest BCUT2D eigenvalue weighted by Crippen LogP contribution is -3.01. The summed E-state index contributed by atoms with van der Waals surface area (Å²) < 4.78 is 39.0. The van der Waals surface area contributed by atoms with Gasteiger partial charge in [-0.15, -0.1) is 0 Å². The summed E-state index contributed by atoms with van der Waals surface area (Å²) in [6, 6.07) is 0. The van der Waals surface area contributed by atoms with Crippen molar-refractivity contribution >= 4 is 13.5 Å². The lowest BCUT2D eigenvalue weighted by atomic mass is 10.3. The zero-order valence-corrected chi connectivity index (χ0v) is 7.18. The van der Waals surface area contributed by atoms with Gasteiger partial charge in [0.05, 0.1) is 6.21 Å². The standard InChI is InChI=1S/C6H10N2.BF4/c1-2-5-8-6-3-4-7-8;2-1(3,4)5/h3-4,6H,2,5H2,1H3;/q;-1/p+1. The molecule has 0 spiro atoms. The van der Waals surface area contributed by atoms with E-state index < -0.39 is 7.25 Å². The van der Waals surface area contributed by atoms with Gasteiger partial charge in [-0.3, -0.25) is 0 Å². The monoisotopic (exact) mass is 198 g/mol. The number of allylic oxidation sites excluding steroid dienone is 1. The van der Waals surface area contributed by atoms with Crippen LogP contribution in [0, 0.1) is 0 Å². The number of nitrogens with zero attached hydrogens (tertiary/aromatic N) is 1. The predicted molar refractivity (Wildman–Crippen MR) is 43.9 cm³/mol. The first kappa shape index (κ1) is 12.2. The van der Waals surface area contributed by atoms with E-state index >= 15 is 0 Å². The largest absolute Gasteiger partial charge is 0.673 e. The molecule has 0 bridgehead atoms. The van der Waals surface area contributed by atoms with E-state index in [-0.39, 0.29) is 0 Å². The second kappa shape index (κ2) is 5.74. The highest BCUT2D eigenvalue weighted by Gasteiger charge is 2.20. The maximum atomic E-state index is 9.75. The van der Waals surface area contributed by atoms with Crippen molar-refractivity contribution in [1.29, 1.82) is 0 Å². The number of hydrogen-bond donors (Lipinski definition) is 1. The molecular weight excluding hydrogens is 187 g/mol. The predicted octanol–water partition coefficient (Wildman–Crippen LogP) is 1.09. The molecule has 2 nitrogen and oxygen atoms in total. The molecule has 0 aromatic carbocycles. The average molecular weight is 198 g/mol. The van der Waals surface area contributed by atoms with Gasteiger partial charge in [0.25, 0.3) is 0 Å². The zero-order chi connectivity index (χ0) is 10.3. The van der Waals surface area contributed by atoms with E-state index in [2.05, 4.69) is 18.2 Å². The van der Waals surface area contributed by atoms with Crippen molar-refractivity contribution in [3.05, 3.63) is 12.3 Å². The fourth-order valence-electron chi connectivity index (χ4n) is 0.740. The number of halogens is 4. The van der Waals surface area contributed by atoms with Crippen molar-refractivity contribution < 1.29 is 22.3 Å². The third-order valence-corrected chi connectivity index (χ3v) is 1.12. The van der Waals surface area contributed by atoms with Gasteiger partial charge in [-0.1, -0.05) is 12.0 Å². The minimum absolute atomic E-state index is 1.12. The fourth-order valence-corrected chi connectivity index (χ4v) is 0.740. The van der Waals surface area contributed by atoms with E-state index in [9.17, 15) is 17.3 Å². The van der Waals surface area contributed by atoms with E-state index in [1.54, 1.807) is 0 Å². The van der Waals surface area contributed by atoms with Crippen LogP contribution < -0.4 is 5.01 Å². The highest BCUT2D eigenvalue weighted by Crippen LogP contribution is 2.06. The quantitative estimate of drug-likeness (QED) is 0.505. The summed E-state index contributed by atoms with van der Waals surface area (Å²) in [5.74, 6) is 0. The Morgan fingerprint density at radius 2 is 1.85 bits per heavy atom. The number of nitrogens with one attached hydrogen (secondary N) is 1. The molecule has 0 aromatic rings. The summed E-state index contributed by atoms with van der Waals surface area (Å²) >= 11 is 0. The first-order chi connectivity index (χ1) is 5.93. The molecule has 0 aliphatic carbocycles. The van der Waals surface area contributed by atoms with Crippen LogP contribution in [0.3, 0.4) is 0 Å². The molecule has 0 aromatic heterocycles. The molecule has 1 atom stereocenters. The van der Waals surface area contributed by atoms with Crippen LogP contribution in [0.5, 0.6) is 0 Å². The highest BCUT2D eigenvalue weighted by molar-refractivity contribution is 6.50. The van der Waals surface area contributed by atoms with Gasteiger partial charge in [-0.05, 0) is 6.42 Å². The molecule has 0 amide bonds. The lowest BCUT2D eigenvalue weighted by Gasteiger charge is -1.98. The summed E-state index contributed by atoms with van der Waals surface area (Å²) in [7, 11) is -6.00. The molecule has 1 heterocycles. The Morgan fingerprint density at radius 1 is 1.31 bits per heavy atom. The summed E-state index contributed by atoms with van der Waals surface area (Å²) in [5.41, 5.74) is 0. The molecule has 0 fully saturated rings. The summed E-state index contributed by atoms with van der Waals surface area (Å²) in [4.78, 5) is 0. The second-order valence-electron chi connectivity index (χ2n) is 2.37. The lowest BCUT2D eigenvalue weighted by molar-refractivity contribution is -0.851. The zero-order valence-electron chi connectivity index (χ0n) is 7.18. The van der Waals surface area contributed by atoms with Gasteiger partial charge in [-0.2, -0.15) is 5.01 Å². The van der Waals surface area contributed by atoms with Crippen molar-refractivity contribution in [2.24, 2.45) is 5.10 Å². The third-order valence-electron chi connectivity index (χ3n) is 1.12. The molecule has 1 unspecified atom stereocenters. The molecule has 76 valence electrons. The van der Waals surface area contributed by atoms with E-state index in [0.29, 0.717) is 0 Å². The number of rotatable bonds is 2. The van der Waals surface area contributed by atoms with Crippen LogP contribution in [0.15, 0.2) is 17.4 Å². The minimum atomic E-state index is -6.00. The average Bonchev–Trinajstić information content (AvgIpc) is 2.36. The Bertz CT molecular complexity index is 172. The van der Waals surface area contributed by atoms with Crippen LogP contribution in [0.4, 0.5) is 17.3 Å². The van der Waals surface area contributed by atoms with Gasteiger partial charge in [0.15, 0.2) is 0 Å². The molecule has 0 saturated carbocycles. The molecule has 7 heteroatoms. The fraction of sp³-hybridized carbons (Fsp3) is 0.500. The van der Waals surface area contributed by atoms with Crippen molar-refractivity contribution in [1.82, 2.24) is 0 Å². The third kappa shape index (κ3) is 11.2. The number of hydrogen-bond acceptors (Lipinski definition) is 1. The van der Waals surface area contributed by atoms with E-state index in [1.165, 1.54) is 11.4 Å². The molecule has 0 radical (unpaired) electrons. The van der Waals surface area contributed by atoms with Crippen molar-refractivity contribution in [2.45, 2.75) is 13.3 Å². The van der Waals surface area contributed by atoms with Crippen LogP contribution in [0.25, 0.3) is 0 Å². The van der Waals surface area contributed by atoms with Crippen LogP contribution in [0.1, 0.15) is 13.3 Å². The Morgan fingerprint density at radius 3 is 2.15 bits per heavy atom. The molecule has 1 N–H and O–H groups in total. The molecule has 0 saturated heterocycles. The summed E-state index contributed by atoms with van der Waals surface area (Å²) in [6.45, 7) is 3.28. The van der Waals surface area contributed by atoms with E-state index in [4.69, 9.17) is 0 Å².